The maximum absolute atomic E-state index is 12.4. The maximum Gasteiger partial charge on any atom is 0.410 e. The second-order valence-corrected chi connectivity index (χ2v) is 6.05. The SMILES string of the molecule is O=C1OCCCN1CC(=O)N(Cc1ccsc1)C1CC1. The number of ether oxygens (including phenoxy) is 1. The number of amides is 2. The lowest BCUT2D eigenvalue weighted by molar-refractivity contribution is -0.133. The molecule has 0 unspecified atom stereocenters. The Morgan fingerprint density at radius 3 is 3.00 bits per heavy atom. The van der Waals surface area contributed by atoms with Gasteiger partial charge in [-0.1, -0.05) is 0 Å². The number of carbonyl (C=O) groups excluding carboxylic acids is 2. The van der Waals surface area contributed by atoms with Crippen molar-refractivity contribution >= 4 is 23.3 Å². The lowest BCUT2D eigenvalue weighted by Gasteiger charge is -2.29. The van der Waals surface area contributed by atoms with Crippen molar-refractivity contribution in [2.75, 3.05) is 19.7 Å². The Morgan fingerprint density at radius 2 is 2.35 bits per heavy atom. The fraction of sp³-hybridized carbons (Fsp3) is 0.571. The van der Waals surface area contributed by atoms with Crippen molar-refractivity contribution in [2.45, 2.75) is 31.8 Å². The Labute approximate surface area is 122 Å². The highest BCUT2D eigenvalue weighted by molar-refractivity contribution is 7.07. The summed E-state index contributed by atoms with van der Waals surface area (Å²) in [5.74, 6) is 0.0255. The van der Waals surface area contributed by atoms with Crippen LogP contribution in [0, 0.1) is 0 Å². The normalized spacial score (nSPS) is 18.8. The predicted molar refractivity (Wildman–Crippen MR) is 75.4 cm³/mol. The van der Waals surface area contributed by atoms with Crippen LogP contribution in [0.4, 0.5) is 4.79 Å². The fourth-order valence-corrected chi connectivity index (χ4v) is 3.04. The second kappa shape index (κ2) is 5.83. The Morgan fingerprint density at radius 1 is 1.50 bits per heavy atom. The highest BCUT2D eigenvalue weighted by Gasteiger charge is 2.34. The molecule has 0 N–H and O–H groups in total. The summed E-state index contributed by atoms with van der Waals surface area (Å²) in [4.78, 5) is 27.4. The summed E-state index contributed by atoms with van der Waals surface area (Å²) in [5.41, 5.74) is 1.16. The van der Waals surface area contributed by atoms with Crippen molar-refractivity contribution in [3.8, 4) is 0 Å². The molecule has 0 atom stereocenters. The van der Waals surface area contributed by atoms with Gasteiger partial charge in [-0.2, -0.15) is 11.3 Å². The summed E-state index contributed by atoms with van der Waals surface area (Å²) in [6.07, 6.45) is 2.57. The van der Waals surface area contributed by atoms with Crippen LogP contribution in [0.25, 0.3) is 0 Å². The third kappa shape index (κ3) is 3.12. The van der Waals surface area contributed by atoms with E-state index in [9.17, 15) is 9.59 Å². The van der Waals surface area contributed by atoms with Crippen LogP contribution < -0.4 is 0 Å². The van der Waals surface area contributed by atoms with Crippen LogP contribution in [-0.2, 0) is 16.1 Å². The molecule has 1 aromatic heterocycles. The summed E-state index contributed by atoms with van der Waals surface area (Å²) in [7, 11) is 0. The van der Waals surface area contributed by atoms with E-state index < -0.39 is 0 Å². The molecule has 2 fully saturated rings. The minimum absolute atomic E-state index is 0.0255. The quantitative estimate of drug-likeness (QED) is 0.835. The molecule has 1 aliphatic carbocycles. The molecule has 5 nitrogen and oxygen atoms in total. The lowest BCUT2D eigenvalue weighted by Crippen LogP contribution is -2.46. The summed E-state index contributed by atoms with van der Waals surface area (Å²) >= 11 is 1.64. The number of hydrogen-bond donors (Lipinski definition) is 0. The third-order valence-electron chi connectivity index (χ3n) is 3.62. The first-order valence-corrected chi connectivity index (χ1v) is 7.90. The second-order valence-electron chi connectivity index (χ2n) is 5.27. The molecule has 1 saturated carbocycles. The average molecular weight is 294 g/mol. The molecule has 2 amide bonds. The van der Waals surface area contributed by atoms with E-state index in [1.165, 1.54) is 4.90 Å². The molecule has 1 aromatic rings. The zero-order chi connectivity index (χ0) is 13.9. The molecule has 0 spiro atoms. The van der Waals surface area contributed by atoms with Crippen molar-refractivity contribution in [2.24, 2.45) is 0 Å². The first-order valence-electron chi connectivity index (χ1n) is 6.96. The lowest BCUT2D eigenvalue weighted by atomic mass is 10.3. The highest BCUT2D eigenvalue weighted by Crippen LogP contribution is 2.29. The Kier molecular flexibility index (Phi) is 3.91. The number of cyclic esters (lactones) is 1. The van der Waals surface area contributed by atoms with Crippen LogP contribution in [-0.4, -0.2) is 47.5 Å². The first-order chi connectivity index (χ1) is 9.74. The van der Waals surface area contributed by atoms with Gasteiger partial charge in [-0.25, -0.2) is 4.79 Å². The smallest absolute Gasteiger partial charge is 0.410 e. The molecule has 3 rings (SSSR count). The number of rotatable bonds is 5. The standard InChI is InChI=1S/C14H18N2O3S/c17-13(9-15-5-1-6-19-14(15)18)16(12-2-3-12)8-11-4-7-20-10-11/h4,7,10,12H,1-3,5-6,8-9H2. The topological polar surface area (TPSA) is 49.9 Å². The Hall–Kier alpha value is -1.56. The number of nitrogens with zero attached hydrogens (tertiary/aromatic N) is 2. The first kappa shape index (κ1) is 13.4. The van der Waals surface area contributed by atoms with Gasteiger partial charge >= 0.3 is 6.09 Å². The molecule has 6 heteroatoms. The molecular formula is C14H18N2O3S. The van der Waals surface area contributed by atoms with E-state index in [0.717, 1.165) is 24.8 Å². The van der Waals surface area contributed by atoms with E-state index in [0.29, 0.717) is 25.7 Å². The van der Waals surface area contributed by atoms with Crippen molar-refractivity contribution < 1.29 is 14.3 Å². The molecule has 0 bridgehead atoms. The molecule has 0 aromatic carbocycles. The van der Waals surface area contributed by atoms with Crippen LogP contribution in [0.1, 0.15) is 24.8 Å². The molecule has 2 heterocycles. The fourth-order valence-electron chi connectivity index (χ4n) is 2.38. The van der Waals surface area contributed by atoms with Crippen molar-refractivity contribution in [1.29, 1.82) is 0 Å². The van der Waals surface area contributed by atoms with Crippen LogP contribution in [0.15, 0.2) is 16.8 Å². The van der Waals surface area contributed by atoms with E-state index >= 15 is 0 Å². The molecule has 20 heavy (non-hydrogen) atoms. The van der Waals surface area contributed by atoms with Gasteiger partial charge in [0.05, 0.1) is 6.61 Å². The third-order valence-corrected chi connectivity index (χ3v) is 4.36. The summed E-state index contributed by atoms with van der Waals surface area (Å²) in [6, 6.07) is 2.39. The largest absolute Gasteiger partial charge is 0.449 e. The van der Waals surface area contributed by atoms with Gasteiger partial charge in [0.25, 0.3) is 0 Å². The molecule has 108 valence electrons. The summed E-state index contributed by atoms with van der Waals surface area (Å²) in [6.45, 7) is 1.86. The summed E-state index contributed by atoms with van der Waals surface area (Å²) < 4.78 is 4.97. The van der Waals surface area contributed by atoms with E-state index in [2.05, 4.69) is 5.38 Å². The van der Waals surface area contributed by atoms with E-state index in [4.69, 9.17) is 4.74 Å². The predicted octanol–water partition coefficient (Wildman–Crippen LogP) is 2.08. The minimum atomic E-state index is -0.365. The zero-order valence-corrected chi connectivity index (χ0v) is 12.1. The van der Waals surface area contributed by atoms with Crippen LogP contribution in [0.5, 0.6) is 0 Å². The molecular weight excluding hydrogens is 276 g/mol. The van der Waals surface area contributed by atoms with Gasteiger partial charge in [0.15, 0.2) is 0 Å². The molecule has 1 aliphatic heterocycles. The van der Waals surface area contributed by atoms with Crippen molar-refractivity contribution in [3.05, 3.63) is 22.4 Å². The van der Waals surface area contributed by atoms with Crippen LogP contribution >= 0.6 is 11.3 Å². The maximum atomic E-state index is 12.4. The van der Waals surface area contributed by atoms with Crippen molar-refractivity contribution in [3.63, 3.8) is 0 Å². The number of hydrogen-bond acceptors (Lipinski definition) is 4. The molecule has 0 radical (unpaired) electrons. The number of thiophene rings is 1. The van der Waals surface area contributed by atoms with Gasteiger partial charge < -0.3 is 9.64 Å². The van der Waals surface area contributed by atoms with E-state index in [-0.39, 0.29) is 18.5 Å². The van der Waals surface area contributed by atoms with Gasteiger partial charge in [0.2, 0.25) is 5.91 Å². The summed E-state index contributed by atoms with van der Waals surface area (Å²) in [5, 5.41) is 4.09. The Bertz CT molecular complexity index is 485. The monoisotopic (exact) mass is 294 g/mol. The number of carbonyl (C=O) groups is 2. The molecule has 1 saturated heterocycles. The van der Waals surface area contributed by atoms with Gasteiger partial charge in [-0.05, 0) is 41.7 Å². The zero-order valence-electron chi connectivity index (χ0n) is 11.3. The van der Waals surface area contributed by atoms with E-state index in [1.807, 2.05) is 16.3 Å². The van der Waals surface area contributed by atoms with E-state index in [1.54, 1.807) is 11.3 Å². The van der Waals surface area contributed by atoms with Crippen LogP contribution in [0.2, 0.25) is 0 Å². The molecule has 2 aliphatic rings. The van der Waals surface area contributed by atoms with Gasteiger partial charge in [-0.3, -0.25) is 9.69 Å². The van der Waals surface area contributed by atoms with Gasteiger partial charge in [0, 0.05) is 19.1 Å². The minimum Gasteiger partial charge on any atom is -0.449 e. The van der Waals surface area contributed by atoms with Crippen LogP contribution in [0.3, 0.4) is 0 Å². The van der Waals surface area contributed by atoms with Crippen molar-refractivity contribution in [1.82, 2.24) is 9.80 Å². The van der Waals surface area contributed by atoms with Gasteiger partial charge in [-0.15, -0.1) is 0 Å². The average Bonchev–Trinajstić information content (AvgIpc) is 3.15. The highest BCUT2D eigenvalue weighted by atomic mass is 32.1. The Balaban J connectivity index is 1.62. The van der Waals surface area contributed by atoms with Gasteiger partial charge in [0.1, 0.15) is 6.54 Å².